The second-order valence-electron chi connectivity index (χ2n) is 8.30. The van der Waals surface area contributed by atoms with Crippen molar-refractivity contribution in [3.63, 3.8) is 0 Å². The minimum absolute atomic E-state index is 0.00520. The summed E-state index contributed by atoms with van der Waals surface area (Å²) in [5, 5.41) is 6.69. The van der Waals surface area contributed by atoms with Gasteiger partial charge in [0.2, 0.25) is 5.95 Å². The Hall–Kier alpha value is -4.43. The van der Waals surface area contributed by atoms with Gasteiger partial charge in [-0.3, -0.25) is 9.36 Å². The molecule has 3 aromatic heterocycles. The number of fused-ring (bicyclic) bond motifs is 1. The molecular formula is C24H17ClF3N7O3S. The van der Waals surface area contributed by atoms with Gasteiger partial charge in [-0.1, -0.05) is 22.9 Å². The van der Waals surface area contributed by atoms with Crippen LogP contribution in [0.4, 0.5) is 29.9 Å². The van der Waals surface area contributed by atoms with Crippen LogP contribution < -0.4 is 27.6 Å². The molecule has 0 amide bonds. The number of aromatic nitrogens is 5. The van der Waals surface area contributed by atoms with Crippen LogP contribution in [0.1, 0.15) is 11.1 Å². The van der Waals surface area contributed by atoms with Crippen molar-refractivity contribution in [1.29, 1.82) is 0 Å². The van der Waals surface area contributed by atoms with Gasteiger partial charge >= 0.3 is 11.4 Å². The van der Waals surface area contributed by atoms with Crippen LogP contribution in [0, 0.1) is 17.5 Å². The van der Waals surface area contributed by atoms with Gasteiger partial charge in [0.05, 0.1) is 28.3 Å². The fourth-order valence-corrected chi connectivity index (χ4v) is 4.86. The quantitative estimate of drug-likeness (QED) is 0.253. The van der Waals surface area contributed by atoms with E-state index >= 15 is 0 Å². The monoisotopic (exact) mass is 575 g/mol. The number of aromatic amines is 1. The number of pyridine rings is 1. The molecule has 0 aliphatic rings. The van der Waals surface area contributed by atoms with E-state index in [4.69, 9.17) is 11.6 Å². The van der Waals surface area contributed by atoms with Crippen LogP contribution in [0.3, 0.4) is 0 Å². The van der Waals surface area contributed by atoms with Crippen molar-refractivity contribution in [2.75, 3.05) is 17.7 Å². The number of rotatable bonds is 7. The first-order chi connectivity index (χ1) is 18.6. The lowest BCUT2D eigenvalue weighted by Gasteiger charge is -2.16. The summed E-state index contributed by atoms with van der Waals surface area (Å²) in [6.07, 6.45) is 1.25. The largest absolute Gasteiger partial charge is 0.365 e. The van der Waals surface area contributed by atoms with Crippen LogP contribution in [0.5, 0.6) is 0 Å². The van der Waals surface area contributed by atoms with E-state index in [9.17, 15) is 27.6 Å². The van der Waals surface area contributed by atoms with Crippen molar-refractivity contribution in [2.24, 2.45) is 0 Å². The fourth-order valence-electron chi connectivity index (χ4n) is 3.81. The first-order valence-corrected chi connectivity index (χ1v) is 12.4. The molecule has 0 aliphatic carbocycles. The van der Waals surface area contributed by atoms with E-state index in [-0.39, 0.29) is 22.1 Å². The van der Waals surface area contributed by atoms with Crippen molar-refractivity contribution in [3.05, 3.63) is 108 Å². The number of hydrogen-bond donors (Lipinski definition) is 3. The second kappa shape index (κ2) is 10.4. The molecule has 0 radical (unpaired) electrons. The van der Waals surface area contributed by atoms with Gasteiger partial charge < -0.3 is 15.6 Å². The summed E-state index contributed by atoms with van der Waals surface area (Å²) >= 11 is 7.30. The van der Waals surface area contributed by atoms with E-state index < -0.39 is 47.5 Å². The van der Waals surface area contributed by atoms with E-state index in [1.165, 1.54) is 23.6 Å². The maximum atomic E-state index is 13.9. The van der Waals surface area contributed by atoms with Crippen molar-refractivity contribution in [1.82, 2.24) is 24.1 Å². The van der Waals surface area contributed by atoms with E-state index in [1.807, 2.05) is 0 Å². The zero-order valence-corrected chi connectivity index (χ0v) is 21.5. The minimum Gasteiger partial charge on any atom is -0.365 e. The Morgan fingerprint density at radius 3 is 2.46 bits per heavy atom. The molecule has 0 unspecified atom stereocenters. The first kappa shape index (κ1) is 26.2. The molecule has 5 rings (SSSR count). The average molecular weight is 576 g/mol. The van der Waals surface area contributed by atoms with Gasteiger partial charge in [-0.05, 0) is 42.0 Å². The molecule has 0 spiro atoms. The number of thiazole rings is 1. The normalized spacial score (nSPS) is 11.2. The van der Waals surface area contributed by atoms with E-state index in [0.29, 0.717) is 20.9 Å². The number of hydrogen-bond acceptors (Lipinski definition) is 8. The Bertz CT molecular complexity index is 1900. The molecule has 0 bridgehead atoms. The molecule has 15 heteroatoms. The van der Waals surface area contributed by atoms with Gasteiger partial charge in [0.1, 0.15) is 0 Å². The Labute approximate surface area is 225 Å². The fraction of sp³-hybridized carbons (Fsp3) is 0.125. The molecule has 10 nitrogen and oxygen atoms in total. The molecule has 200 valence electrons. The van der Waals surface area contributed by atoms with E-state index in [1.54, 1.807) is 25.2 Å². The maximum absolute atomic E-state index is 13.9. The Morgan fingerprint density at radius 1 is 1.00 bits per heavy atom. The van der Waals surface area contributed by atoms with Gasteiger partial charge in [-0.25, -0.2) is 32.3 Å². The highest BCUT2D eigenvalue weighted by atomic mass is 35.5. The Balaban J connectivity index is 1.62. The third kappa shape index (κ3) is 5.28. The lowest BCUT2D eigenvalue weighted by atomic mass is 10.2. The molecule has 0 atom stereocenters. The summed E-state index contributed by atoms with van der Waals surface area (Å²) < 4.78 is 43.8. The summed E-state index contributed by atoms with van der Waals surface area (Å²) in [6, 6.07) is 7.83. The summed E-state index contributed by atoms with van der Waals surface area (Å²) in [6.45, 7) is -0.965. The molecule has 0 fully saturated rings. The van der Waals surface area contributed by atoms with Gasteiger partial charge in [-0.15, -0.1) is 0 Å². The number of benzene rings is 2. The highest BCUT2D eigenvalue weighted by molar-refractivity contribution is 7.22. The number of halogens is 4. The van der Waals surface area contributed by atoms with Crippen LogP contribution >= 0.6 is 22.9 Å². The molecule has 3 N–H and O–H groups in total. The van der Waals surface area contributed by atoms with Crippen LogP contribution in [-0.4, -0.2) is 31.1 Å². The lowest BCUT2D eigenvalue weighted by Crippen LogP contribution is -2.43. The molecule has 5 aromatic rings. The molecular weight excluding hydrogens is 559 g/mol. The summed E-state index contributed by atoms with van der Waals surface area (Å²) in [4.78, 5) is 49.4. The molecule has 3 heterocycles. The second-order valence-corrected chi connectivity index (χ2v) is 9.76. The van der Waals surface area contributed by atoms with Crippen molar-refractivity contribution >= 4 is 49.9 Å². The predicted octanol–water partition coefficient (Wildman–Crippen LogP) is 3.66. The highest BCUT2D eigenvalue weighted by Crippen LogP contribution is 2.29. The third-order valence-corrected chi connectivity index (χ3v) is 6.92. The molecule has 39 heavy (non-hydrogen) atoms. The van der Waals surface area contributed by atoms with E-state index in [0.717, 1.165) is 21.4 Å². The van der Waals surface area contributed by atoms with Crippen LogP contribution in [0.25, 0.3) is 10.2 Å². The van der Waals surface area contributed by atoms with Crippen molar-refractivity contribution in [2.45, 2.75) is 13.1 Å². The van der Waals surface area contributed by atoms with Gasteiger partial charge in [0.15, 0.2) is 22.6 Å². The van der Waals surface area contributed by atoms with Gasteiger partial charge in [0.25, 0.3) is 5.56 Å². The van der Waals surface area contributed by atoms with Crippen molar-refractivity contribution in [3.8, 4) is 0 Å². The number of nitrogens with one attached hydrogen (secondary N) is 3. The SMILES string of the molecule is CNc1nc2ccc(Nc3nc(=O)n(Cc4cc(Cl)c[nH]c4=O)c(=O)n3Cc3cc(F)c(F)c(F)c3)cc2s1. The number of anilines is 3. The smallest absolute Gasteiger partial charge is 0.355 e. The predicted molar refractivity (Wildman–Crippen MR) is 142 cm³/mol. The van der Waals surface area contributed by atoms with Gasteiger partial charge in [0, 0.05) is 24.5 Å². The third-order valence-electron chi connectivity index (χ3n) is 5.67. The van der Waals surface area contributed by atoms with Crippen LogP contribution in [-0.2, 0) is 13.1 Å². The number of nitrogens with zero attached hydrogens (tertiary/aromatic N) is 4. The maximum Gasteiger partial charge on any atom is 0.355 e. The molecule has 0 aliphatic heterocycles. The molecule has 0 saturated heterocycles. The Kier molecular flexibility index (Phi) is 6.97. The summed E-state index contributed by atoms with van der Waals surface area (Å²) in [5.74, 6) is -4.80. The summed E-state index contributed by atoms with van der Waals surface area (Å²) in [7, 11) is 1.73. The minimum atomic E-state index is -1.66. The van der Waals surface area contributed by atoms with E-state index in [2.05, 4.69) is 25.6 Å². The topological polar surface area (TPSA) is 127 Å². The zero-order valence-electron chi connectivity index (χ0n) is 19.9. The van der Waals surface area contributed by atoms with Gasteiger partial charge in [-0.2, -0.15) is 4.98 Å². The average Bonchev–Trinajstić information content (AvgIpc) is 3.32. The summed E-state index contributed by atoms with van der Waals surface area (Å²) in [5.41, 5.74) is -1.48. The molecule has 0 saturated carbocycles. The highest BCUT2D eigenvalue weighted by Gasteiger charge is 2.18. The zero-order chi connectivity index (χ0) is 27.8. The number of H-pyrrole nitrogens is 1. The lowest BCUT2D eigenvalue weighted by molar-refractivity contribution is 0.444. The standard InChI is InChI=1S/C24H17ClF3N7O3S/c1-29-22-32-17-3-2-14(7-18(17)39-22)31-21-33-23(37)35(10-12-6-13(25)8-30-20(12)36)24(38)34(21)9-11-4-15(26)19(28)16(27)5-11/h2-8H,9-10H2,1H3,(H,29,32)(H,30,36)(H,31,33,37). The van der Waals surface area contributed by atoms with Crippen molar-refractivity contribution < 1.29 is 13.2 Å². The molecule has 2 aromatic carbocycles. The van der Waals surface area contributed by atoms with Crippen LogP contribution in [0.15, 0.2) is 57.0 Å². The Morgan fingerprint density at radius 2 is 1.74 bits per heavy atom. The van der Waals surface area contributed by atoms with Crippen LogP contribution in [0.2, 0.25) is 5.02 Å². The first-order valence-electron chi connectivity index (χ1n) is 11.2.